The van der Waals surface area contributed by atoms with E-state index in [2.05, 4.69) is 14.5 Å². The Balaban J connectivity index is 2.14. The molecule has 0 aliphatic carbocycles. The summed E-state index contributed by atoms with van der Waals surface area (Å²) in [4.78, 5) is 7.66. The summed E-state index contributed by atoms with van der Waals surface area (Å²) in [5.74, 6) is 2.43. The average molecular weight is 251 g/mol. The fourth-order valence-electron chi connectivity index (χ4n) is 2.22. The van der Waals surface area contributed by atoms with E-state index in [1.165, 1.54) is 18.6 Å². The van der Waals surface area contributed by atoms with Crippen LogP contribution in [0.3, 0.4) is 0 Å². The largest absolute Gasteiger partial charge is 0.329 e. The summed E-state index contributed by atoms with van der Waals surface area (Å²) >= 11 is 7.40. The number of hydrogen-bond donors (Lipinski definition) is 1. The number of H-pyrrole nitrogens is 1. The van der Waals surface area contributed by atoms with Crippen LogP contribution >= 0.6 is 24.0 Å². The predicted octanol–water partition coefficient (Wildman–Crippen LogP) is 3.16. The number of aromatic nitrogens is 3. The third-order valence-corrected chi connectivity index (χ3v) is 4.47. The second kappa shape index (κ2) is 4.22. The zero-order valence-electron chi connectivity index (χ0n) is 8.85. The standard InChI is InChI=1S/C11H13N3S2/c15-11-13-9-4-1-5-12-10(9)14(11)8-3-2-6-16-7-8/h1,4-5,8H,2-3,6-7H2,(H,13,15). The molecule has 2 aromatic heterocycles. The van der Waals surface area contributed by atoms with E-state index in [4.69, 9.17) is 12.2 Å². The Kier molecular flexibility index (Phi) is 2.73. The van der Waals surface area contributed by atoms with Crippen LogP contribution in [-0.4, -0.2) is 26.0 Å². The first-order valence-electron chi connectivity index (χ1n) is 5.49. The molecule has 2 aromatic rings. The van der Waals surface area contributed by atoms with Crippen molar-refractivity contribution >= 4 is 35.1 Å². The summed E-state index contributed by atoms with van der Waals surface area (Å²) in [7, 11) is 0. The summed E-state index contributed by atoms with van der Waals surface area (Å²) in [6.45, 7) is 0. The molecule has 0 amide bonds. The minimum absolute atomic E-state index is 0.509. The Morgan fingerprint density at radius 1 is 1.56 bits per heavy atom. The molecule has 0 saturated carbocycles. The van der Waals surface area contributed by atoms with E-state index < -0.39 is 0 Å². The topological polar surface area (TPSA) is 33.6 Å². The van der Waals surface area contributed by atoms with Crippen molar-refractivity contribution in [1.82, 2.24) is 14.5 Å². The van der Waals surface area contributed by atoms with Crippen LogP contribution in [0.4, 0.5) is 0 Å². The maximum Gasteiger partial charge on any atom is 0.179 e. The van der Waals surface area contributed by atoms with Crippen molar-refractivity contribution in [2.75, 3.05) is 11.5 Å². The van der Waals surface area contributed by atoms with Gasteiger partial charge in [0.15, 0.2) is 10.4 Å². The van der Waals surface area contributed by atoms with E-state index >= 15 is 0 Å². The molecule has 0 bridgehead atoms. The third kappa shape index (κ3) is 1.68. The Morgan fingerprint density at radius 2 is 2.50 bits per heavy atom. The van der Waals surface area contributed by atoms with Crippen LogP contribution in [0.5, 0.6) is 0 Å². The summed E-state index contributed by atoms with van der Waals surface area (Å²) in [6.07, 6.45) is 4.32. The smallest absolute Gasteiger partial charge is 0.179 e. The van der Waals surface area contributed by atoms with Crippen LogP contribution in [-0.2, 0) is 0 Å². The van der Waals surface area contributed by atoms with Crippen LogP contribution in [0, 0.1) is 4.77 Å². The number of thioether (sulfide) groups is 1. The molecule has 84 valence electrons. The molecule has 0 spiro atoms. The molecular formula is C11H13N3S2. The van der Waals surface area contributed by atoms with Gasteiger partial charge in [0.1, 0.15) is 0 Å². The van der Waals surface area contributed by atoms with Gasteiger partial charge in [0, 0.05) is 18.0 Å². The van der Waals surface area contributed by atoms with E-state index in [1.807, 2.05) is 30.1 Å². The number of nitrogens with one attached hydrogen (secondary N) is 1. The predicted molar refractivity (Wildman–Crippen MR) is 70.5 cm³/mol. The zero-order chi connectivity index (χ0) is 11.0. The van der Waals surface area contributed by atoms with E-state index in [9.17, 15) is 0 Å². The van der Waals surface area contributed by atoms with Crippen molar-refractivity contribution in [3.8, 4) is 0 Å². The van der Waals surface area contributed by atoms with Gasteiger partial charge in [0.05, 0.1) is 5.52 Å². The number of rotatable bonds is 1. The van der Waals surface area contributed by atoms with Gasteiger partial charge >= 0.3 is 0 Å². The van der Waals surface area contributed by atoms with Crippen molar-refractivity contribution in [2.45, 2.75) is 18.9 Å². The summed E-state index contributed by atoms with van der Waals surface area (Å²) in [5, 5.41) is 0. The Labute approximate surface area is 103 Å². The lowest BCUT2D eigenvalue weighted by molar-refractivity contribution is 0.504. The molecular weight excluding hydrogens is 238 g/mol. The molecule has 1 N–H and O–H groups in total. The molecule has 5 heteroatoms. The molecule has 1 aliphatic heterocycles. The Morgan fingerprint density at radius 3 is 3.31 bits per heavy atom. The first-order chi connectivity index (χ1) is 7.86. The zero-order valence-corrected chi connectivity index (χ0v) is 10.5. The molecule has 1 unspecified atom stereocenters. The van der Waals surface area contributed by atoms with Gasteiger partial charge in [-0.15, -0.1) is 0 Å². The summed E-state index contributed by atoms with van der Waals surface area (Å²) < 4.78 is 3.00. The number of aromatic amines is 1. The van der Waals surface area contributed by atoms with Crippen LogP contribution in [0.15, 0.2) is 18.3 Å². The molecule has 16 heavy (non-hydrogen) atoms. The molecule has 3 rings (SSSR count). The van der Waals surface area contributed by atoms with Crippen LogP contribution < -0.4 is 0 Å². The molecule has 0 radical (unpaired) electrons. The van der Waals surface area contributed by atoms with E-state index in [1.54, 1.807) is 0 Å². The molecule has 0 aromatic carbocycles. The summed E-state index contributed by atoms with van der Waals surface area (Å²) in [5.41, 5.74) is 2.04. The lowest BCUT2D eigenvalue weighted by Gasteiger charge is -2.22. The van der Waals surface area contributed by atoms with Crippen molar-refractivity contribution < 1.29 is 0 Å². The maximum atomic E-state index is 5.39. The van der Waals surface area contributed by atoms with Gasteiger partial charge in [-0.1, -0.05) is 0 Å². The Hall–Kier alpha value is -0.810. The van der Waals surface area contributed by atoms with Crippen molar-refractivity contribution in [3.63, 3.8) is 0 Å². The van der Waals surface area contributed by atoms with Gasteiger partial charge in [-0.25, -0.2) is 4.98 Å². The molecule has 1 atom stereocenters. The van der Waals surface area contributed by atoms with E-state index in [0.29, 0.717) is 6.04 Å². The maximum absolute atomic E-state index is 5.39. The minimum Gasteiger partial charge on any atom is -0.329 e. The van der Waals surface area contributed by atoms with Gasteiger partial charge in [-0.05, 0) is 42.9 Å². The highest BCUT2D eigenvalue weighted by Crippen LogP contribution is 2.29. The van der Waals surface area contributed by atoms with Gasteiger partial charge in [-0.2, -0.15) is 11.8 Å². The highest BCUT2D eigenvalue weighted by Gasteiger charge is 2.19. The van der Waals surface area contributed by atoms with Crippen LogP contribution in [0.1, 0.15) is 18.9 Å². The molecule has 3 heterocycles. The Bertz CT molecular complexity index is 552. The fraction of sp³-hybridized carbons (Fsp3) is 0.455. The number of fused-ring (bicyclic) bond motifs is 1. The van der Waals surface area contributed by atoms with Crippen molar-refractivity contribution in [1.29, 1.82) is 0 Å². The van der Waals surface area contributed by atoms with Crippen molar-refractivity contribution in [2.24, 2.45) is 0 Å². The quantitative estimate of drug-likeness (QED) is 0.790. The number of nitrogens with zero attached hydrogens (tertiary/aromatic N) is 2. The highest BCUT2D eigenvalue weighted by molar-refractivity contribution is 7.99. The first-order valence-corrected chi connectivity index (χ1v) is 7.05. The average Bonchev–Trinajstić information content (AvgIpc) is 2.66. The van der Waals surface area contributed by atoms with E-state index in [-0.39, 0.29) is 0 Å². The normalized spacial score (nSPS) is 21.4. The van der Waals surface area contributed by atoms with E-state index in [0.717, 1.165) is 21.7 Å². The molecule has 1 fully saturated rings. The minimum atomic E-state index is 0.509. The molecule has 3 nitrogen and oxygen atoms in total. The van der Waals surface area contributed by atoms with Crippen LogP contribution in [0.25, 0.3) is 11.2 Å². The van der Waals surface area contributed by atoms with Crippen LogP contribution in [0.2, 0.25) is 0 Å². The highest BCUT2D eigenvalue weighted by atomic mass is 32.2. The monoisotopic (exact) mass is 251 g/mol. The second-order valence-corrected chi connectivity index (χ2v) is 5.58. The number of pyridine rings is 1. The second-order valence-electron chi connectivity index (χ2n) is 4.05. The fourth-order valence-corrected chi connectivity index (χ4v) is 3.70. The molecule has 1 saturated heterocycles. The van der Waals surface area contributed by atoms with Gasteiger partial charge < -0.3 is 4.98 Å². The van der Waals surface area contributed by atoms with Gasteiger partial charge in [0.25, 0.3) is 0 Å². The van der Waals surface area contributed by atoms with Gasteiger partial charge in [0.2, 0.25) is 0 Å². The first kappa shape index (κ1) is 10.4. The van der Waals surface area contributed by atoms with Crippen molar-refractivity contribution in [3.05, 3.63) is 23.1 Å². The van der Waals surface area contributed by atoms with Gasteiger partial charge in [-0.3, -0.25) is 4.57 Å². The SMILES string of the molecule is S=c1[nH]c2cccnc2n1C1CCCSC1. The number of hydrogen-bond acceptors (Lipinski definition) is 3. The number of imidazole rings is 1. The lowest BCUT2D eigenvalue weighted by Crippen LogP contribution is -2.16. The summed E-state index contributed by atoms with van der Waals surface area (Å²) in [6, 6.07) is 4.48. The third-order valence-electron chi connectivity index (χ3n) is 2.98. The molecule has 1 aliphatic rings. The lowest BCUT2D eigenvalue weighted by atomic mass is 10.2.